The third-order valence-electron chi connectivity index (χ3n) is 3.87. The smallest absolute Gasteiger partial charge is 0.208 e. The van der Waals surface area contributed by atoms with Crippen molar-refractivity contribution >= 4 is 10.0 Å². The van der Waals surface area contributed by atoms with E-state index in [-0.39, 0.29) is 5.82 Å². The van der Waals surface area contributed by atoms with Crippen LogP contribution in [-0.2, 0) is 16.6 Å². The van der Waals surface area contributed by atoms with Gasteiger partial charge in [-0.15, -0.1) is 0 Å². The van der Waals surface area contributed by atoms with Crippen LogP contribution in [0.25, 0.3) is 0 Å². The van der Waals surface area contributed by atoms with E-state index in [9.17, 15) is 12.8 Å². The van der Waals surface area contributed by atoms with Crippen molar-refractivity contribution in [1.82, 2.24) is 9.62 Å². The zero-order valence-electron chi connectivity index (χ0n) is 12.4. The molecule has 1 saturated heterocycles. The molecular weight excluding hydrogens is 291 g/mol. The first-order valence-electron chi connectivity index (χ1n) is 7.37. The summed E-state index contributed by atoms with van der Waals surface area (Å²) in [5, 5.41) is 0. The van der Waals surface area contributed by atoms with E-state index in [0.717, 1.165) is 37.9 Å². The van der Waals surface area contributed by atoms with Gasteiger partial charge in [-0.1, -0.05) is 18.6 Å². The number of likely N-dealkylation sites (tertiary alicyclic amines) is 1. The topological polar surface area (TPSA) is 49.4 Å². The fourth-order valence-corrected chi connectivity index (χ4v) is 3.36. The van der Waals surface area contributed by atoms with Gasteiger partial charge in [-0.05, 0) is 43.5 Å². The molecule has 0 bridgehead atoms. The van der Waals surface area contributed by atoms with Crippen molar-refractivity contribution in [3.63, 3.8) is 0 Å². The molecule has 21 heavy (non-hydrogen) atoms. The Morgan fingerprint density at radius 2 is 2.19 bits per heavy atom. The van der Waals surface area contributed by atoms with Gasteiger partial charge in [0, 0.05) is 19.1 Å². The van der Waals surface area contributed by atoms with Crippen LogP contribution < -0.4 is 4.72 Å². The van der Waals surface area contributed by atoms with Crippen LogP contribution in [0.1, 0.15) is 31.2 Å². The summed E-state index contributed by atoms with van der Waals surface area (Å²) in [6.45, 7) is 2.17. The van der Waals surface area contributed by atoms with Crippen LogP contribution >= 0.6 is 0 Å². The summed E-state index contributed by atoms with van der Waals surface area (Å²) in [4.78, 5) is 2.34. The number of rotatable bonds is 6. The van der Waals surface area contributed by atoms with E-state index in [1.54, 1.807) is 12.1 Å². The van der Waals surface area contributed by atoms with E-state index in [2.05, 4.69) is 9.62 Å². The Morgan fingerprint density at radius 1 is 1.38 bits per heavy atom. The molecule has 1 fully saturated rings. The average Bonchev–Trinajstić information content (AvgIpc) is 2.39. The highest BCUT2D eigenvalue weighted by molar-refractivity contribution is 7.88. The molecule has 1 aliphatic heterocycles. The lowest BCUT2D eigenvalue weighted by atomic mass is 9.98. The fraction of sp³-hybridized carbons (Fsp3) is 0.600. The molecule has 0 saturated carbocycles. The number of piperidine rings is 1. The first-order valence-corrected chi connectivity index (χ1v) is 9.26. The maximum absolute atomic E-state index is 13.3. The largest absolute Gasteiger partial charge is 0.296 e. The van der Waals surface area contributed by atoms with E-state index < -0.39 is 10.0 Å². The Bertz CT molecular complexity index is 563. The van der Waals surface area contributed by atoms with Gasteiger partial charge in [0.1, 0.15) is 5.82 Å². The summed E-state index contributed by atoms with van der Waals surface area (Å²) in [5.41, 5.74) is 0.970. The van der Waals surface area contributed by atoms with E-state index >= 15 is 0 Å². The third kappa shape index (κ3) is 5.73. The maximum atomic E-state index is 13.3. The molecule has 0 spiro atoms. The number of benzene rings is 1. The van der Waals surface area contributed by atoms with Crippen LogP contribution in [0.2, 0.25) is 0 Å². The number of hydrogen-bond donors (Lipinski definition) is 1. The molecule has 0 radical (unpaired) electrons. The number of hydrogen-bond acceptors (Lipinski definition) is 3. The summed E-state index contributed by atoms with van der Waals surface area (Å²) < 4.78 is 38.0. The van der Waals surface area contributed by atoms with Gasteiger partial charge >= 0.3 is 0 Å². The van der Waals surface area contributed by atoms with Gasteiger partial charge < -0.3 is 0 Å². The van der Waals surface area contributed by atoms with Crippen molar-refractivity contribution < 1.29 is 12.8 Å². The van der Waals surface area contributed by atoms with Crippen molar-refractivity contribution in [1.29, 1.82) is 0 Å². The van der Waals surface area contributed by atoms with Crippen molar-refractivity contribution in [2.75, 3.05) is 19.3 Å². The molecule has 4 nitrogen and oxygen atoms in total. The molecule has 1 aromatic carbocycles. The highest BCUT2D eigenvalue weighted by Gasteiger charge is 2.22. The van der Waals surface area contributed by atoms with Crippen molar-refractivity contribution in [2.24, 2.45) is 0 Å². The standard InChI is InChI=1S/C15H23FN2O2S/c1-21(19,20)17-9-8-15-7-2-3-10-18(15)12-13-5-4-6-14(16)11-13/h4-6,11,15,17H,2-3,7-10,12H2,1H3/t15-/m0/s1. The Labute approximate surface area is 126 Å². The van der Waals surface area contributed by atoms with Gasteiger partial charge in [-0.2, -0.15) is 0 Å². The predicted octanol–water partition coefficient (Wildman–Crippen LogP) is 2.12. The van der Waals surface area contributed by atoms with Crippen LogP contribution in [0.5, 0.6) is 0 Å². The van der Waals surface area contributed by atoms with Crippen LogP contribution in [0.3, 0.4) is 0 Å². The van der Waals surface area contributed by atoms with Gasteiger partial charge in [-0.25, -0.2) is 17.5 Å². The molecule has 0 aliphatic carbocycles. The Balaban J connectivity index is 1.92. The highest BCUT2D eigenvalue weighted by Crippen LogP contribution is 2.22. The fourth-order valence-electron chi connectivity index (χ4n) is 2.88. The van der Waals surface area contributed by atoms with Crippen molar-refractivity contribution in [2.45, 2.75) is 38.3 Å². The first kappa shape index (κ1) is 16.4. The molecule has 2 rings (SSSR count). The van der Waals surface area contributed by atoms with Crippen molar-refractivity contribution in [3.8, 4) is 0 Å². The van der Waals surface area contributed by atoms with Crippen LogP contribution in [0.4, 0.5) is 4.39 Å². The van der Waals surface area contributed by atoms with Gasteiger partial charge in [0.05, 0.1) is 6.26 Å². The minimum atomic E-state index is -3.13. The lowest BCUT2D eigenvalue weighted by molar-refractivity contribution is 0.133. The lowest BCUT2D eigenvalue weighted by Crippen LogP contribution is -2.41. The van der Waals surface area contributed by atoms with Gasteiger partial charge in [0.25, 0.3) is 0 Å². The third-order valence-corrected chi connectivity index (χ3v) is 4.59. The summed E-state index contributed by atoms with van der Waals surface area (Å²) in [6, 6.07) is 7.04. The lowest BCUT2D eigenvalue weighted by Gasteiger charge is -2.36. The molecule has 0 aromatic heterocycles. The number of nitrogens with zero attached hydrogens (tertiary/aromatic N) is 1. The Kier molecular flexibility index (Phi) is 5.72. The minimum absolute atomic E-state index is 0.209. The molecule has 1 N–H and O–H groups in total. The molecule has 118 valence electrons. The molecule has 6 heteroatoms. The Morgan fingerprint density at radius 3 is 2.90 bits per heavy atom. The van der Waals surface area contributed by atoms with E-state index in [1.165, 1.54) is 18.7 Å². The van der Waals surface area contributed by atoms with Gasteiger partial charge in [-0.3, -0.25) is 4.90 Å². The quantitative estimate of drug-likeness (QED) is 0.875. The molecule has 0 unspecified atom stereocenters. The second-order valence-corrected chi connectivity index (χ2v) is 7.54. The number of halogens is 1. The molecule has 1 atom stereocenters. The second-order valence-electron chi connectivity index (χ2n) is 5.71. The summed E-state index contributed by atoms with van der Waals surface area (Å²) >= 11 is 0. The summed E-state index contributed by atoms with van der Waals surface area (Å²) in [6.07, 6.45) is 5.36. The second kappa shape index (κ2) is 7.33. The molecule has 0 amide bonds. The number of nitrogens with one attached hydrogen (secondary N) is 1. The summed E-state index contributed by atoms with van der Waals surface area (Å²) in [7, 11) is -3.13. The monoisotopic (exact) mass is 314 g/mol. The minimum Gasteiger partial charge on any atom is -0.296 e. The average molecular weight is 314 g/mol. The Hall–Kier alpha value is -0.980. The highest BCUT2D eigenvalue weighted by atomic mass is 32.2. The molecule has 1 heterocycles. The van der Waals surface area contributed by atoms with Crippen LogP contribution in [0.15, 0.2) is 24.3 Å². The van der Waals surface area contributed by atoms with Crippen molar-refractivity contribution in [3.05, 3.63) is 35.6 Å². The van der Waals surface area contributed by atoms with Gasteiger partial charge in [0.2, 0.25) is 10.0 Å². The van der Waals surface area contributed by atoms with Crippen LogP contribution in [-0.4, -0.2) is 38.7 Å². The van der Waals surface area contributed by atoms with Crippen LogP contribution in [0, 0.1) is 5.82 Å². The molecule has 1 aliphatic rings. The molecular formula is C15H23FN2O2S. The molecule has 1 aromatic rings. The van der Waals surface area contributed by atoms with E-state index in [0.29, 0.717) is 12.6 Å². The SMILES string of the molecule is CS(=O)(=O)NCC[C@@H]1CCCCN1Cc1cccc(F)c1. The first-order chi connectivity index (χ1) is 9.94. The van der Waals surface area contributed by atoms with E-state index in [1.807, 2.05) is 6.07 Å². The zero-order chi connectivity index (χ0) is 15.3. The van der Waals surface area contributed by atoms with E-state index in [4.69, 9.17) is 0 Å². The summed E-state index contributed by atoms with van der Waals surface area (Å²) in [5.74, 6) is -0.209. The van der Waals surface area contributed by atoms with Gasteiger partial charge in [0.15, 0.2) is 0 Å². The number of sulfonamides is 1. The normalized spacial score (nSPS) is 20.6. The maximum Gasteiger partial charge on any atom is 0.208 e. The zero-order valence-corrected chi connectivity index (χ0v) is 13.2. The predicted molar refractivity (Wildman–Crippen MR) is 81.9 cm³/mol.